The number of fused-ring (bicyclic) bond motifs is 1. The smallest absolute Gasteiger partial charge is 0.338 e. The number of allylic oxidation sites excluding steroid dienone is 1. The molecular formula is C31H34N4O6S. The van der Waals surface area contributed by atoms with E-state index in [0.717, 1.165) is 16.8 Å². The lowest BCUT2D eigenvalue weighted by molar-refractivity contribution is -0.138. The Morgan fingerprint density at radius 2 is 1.69 bits per heavy atom. The van der Waals surface area contributed by atoms with Gasteiger partial charge in [0, 0.05) is 38.8 Å². The fraction of sp³-hybridized carbons (Fsp3) is 0.355. The average Bonchev–Trinajstić information content (AvgIpc) is 3.40. The third-order valence-corrected chi connectivity index (χ3v) is 8.45. The van der Waals surface area contributed by atoms with Crippen LogP contribution in [-0.2, 0) is 25.7 Å². The first kappa shape index (κ1) is 29.2. The van der Waals surface area contributed by atoms with Crippen molar-refractivity contribution in [2.75, 3.05) is 40.4 Å². The van der Waals surface area contributed by atoms with Gasteiger partial charge in [0.2, 0.25) is 11.8 Å². The largest absolute Gasteiger partial charge is 0.493 e. The Bertz CT molecular complexity index is 1460. The summed E-state index contributed by atoms with van der Waals surface area (Å²) in [6.07, 6.45) is 0.130. The highest BCUT2D eigenvalue weighted by atomic mass is 32.2. The van der Waals surface area contributed by atoms with Gasteiger partial charge in [-0.05, 0) is 35.6 Å². The van der Waals surface area contributed by atoms with E-state index in [0.29, 0.717) is 60.7 Å². The molecule has 3 aliphatic heterocycles. The van der Waals surface area contributed by atoms with E-state index in [4.69, 9.17) is 19.2 Å². The summed E-state index contributed by atoms with van der Waals surface area (Å²) in [5.41, 5.74) is 3.47. The van der Waals surface area contributed by atoms with Gasteiger partial charge in [-0.25, -0.2) is 9.79 Å². The van der Waals surface area contributed by atoms with Crippen LogP contribution < -0.4 is 9.47 Å². The fourth-order valence-electron chi connectivity index (χ4n) is 5.30. The number of piperazine rings is 1. The molecule has 42 heavy (non-hydrogen) atoms. The van der Waals surface area contributed by atoms with E-state index in [1.165, 1.54) is 18.9 Å². The number of hydrogen-bond donors (Lipinski definition) is 0. The minimum atomic E-state index is -0.592. The van der Waals surface area contributed by atoms with Crippen LogP contribution in [-0.4, -0.2) is 78.0 Å². The summed E-state index contributed by atoms with van der Waals surface area (Å²) in [5, 5.41) is 2.59. The molecule has 0 unspecified atom stereocenters. The van der Waals surface area contributed by atoms with Crippen LogP contribution in [0.25, 0.3) is 0 Å². The van der Waals surface area contributed by atoms with Crippen LogP contribution in [0.1, 0.15) is 37.4 Å². The molecule has 10 nitrogen and oxygen atoms in total. The molecule has 0 radical (unpaired) electrons. The van der Waals surface area contributed by atoms with Gasteiger partial charge < -0.3 is 28.9 Å². The first-order chi connectivity index (χ1) is 20.3. The number of ether oxygens (including phenoxy) is 3. The van der Waals surface area contributed by atoms with E-state index in [-0.39, 0.29) is 18.2 Å². The van der Waals surface area contributed by atoms with Crippen molar-refractivity contribution in [1.82, 2.24) is 14.7 Å². The SMILES string of the molecule is COC(=O)C1=C(C)N=C2SC=C(CC(=O)N3CCN(C(C)=O)CC3)N2[C@H]1c1ccc(OCc2ccccc2)c(OC)c1. The van der Waals surface area contributed by atoms with Crippen molar-refractivity contribution < 1.29 is 28.6 Å². The summed E-state index contributed by atoms with van der Waals surface area (Å²) >= 11 is 1.42. The predicted molar refractivity (Wildman–Crippen MR) is 160 cm³/mol. The van der Waals surface area contributed by atoms with Crippen molar-refractivity contribution in [1.29, 1.82) is 0 Å². The van der Waals surface area contributed by atoms with Gasteiger partial charge in [0.25, 0.3) is 0 Å². The van der Waals surface area contributed by atoms with E-state index in [1.54, 1.807) is 30.8 Å². The molecule has 2 aromatic carbocycles. The molecule has 0 saturated carbocycles. The van der Waals surface area contributed by atoms with Gasteiger partial charge in [0.05, 0.1) is 38.0 Å². The number of methoxy groups -OCH3 is 2. The number of nitrogens with zero attached hydrogens (tertiary/aromatic N) is 4. The number of thioether (sulfide) groups is 1. The topological polar surface area (TPSA) is 101 Å². The molecule has 0 bridgehead atoms. The summed E-state index contributed by atoms with van der Waals surface area (Å²) in [4.78, 5) is 48.4. The minimum absolute atomic E-state index is 0.0124. The minimum Gasteiger partial charge on any atom is -0.493 e. The molecule has 2 aromatic rings. The van der Waals surface area contributed by atoms with E-state index >= 15 is 0 Å². The molecule has 0 aromatic heterocycles. The van der Waals surface area contributed by atoms with E-state index in [9.17, 15) is 14.4 Å². The zero-order chi connectivity index (χ0) is 29.8. The molecule has 0 spiro atoms. The molecule has 2 amide bonds. The Balaban J connectivity index is 1.42. The van der Waals surface area contributed by atoms with Gasteiger partial charge in [-0.15, -0.1) is 0 Å². The van der Waals surface area contributed by atoms with Crippen LogP contribution in [0, 0.1) is 0 Å². The molecule has 0 aliphatic carbocycles. The number of rotatable bonds is 8. The monoisotopic (exact) mass is 590 g/mol. The van der Waals surface area contributed by atoms with Gasteiger partial charge in [-0.2, -0.15) is 0 Å². The lowest BCUT2D eigenvalue weighted by Gasteiger charge is -2.37. The first-order valence-electron chi connectivity index (χ1n) is 13.7. The van der Waals surface area contributed by atoms with Crippen molar-refractivity contribution >= 4 is 34.7 Å². The summed E-state index contributed by atoms with van der Waals surface area (Å²) in [6, 6.07) is 14.8. The zero-order valence-electron chi connectivity index (χ0n) is 24.2. The molecule has 11 heteroatoms. The van der Waals surface area contributed by atoms with Crippen molar-refractivity contribution in [3.05, 3.63) is 82.0 Å². The molecule has 1 saturated heterocycles. The Morgan fingerprint density at radius 3 is 2.36 bits per heavy atom. The molecule has 0 N–H and O–H groups in total. The second-order valence-electron chi connectivity index (χ2n) is 10.1. The summed E-state index contributed by atoms with van der Waals surface area (Å²) < 4.78 is 17.0. The summed E-state index contributed by atoms with van der Waals surface area (Å²) in [7, 11) is 2.92. The predicted octanol–water partition coefficient (Wildman–Crippen LogP) is 4.10. The van der Waals surface area contributed by atoms with Crippen LogP contribution in [0.2, 0.25) is 0 Å². The number of amides is 2. The number of benzene rings is 2. The average molecular weight is 591 g/mol. The number of aliphatic imine (C=N–C) groups is 1. The van der Waals surface area contributed by atoms with Crippen LogP contribution >= 0.6 is 11.8 Å². The van der Waals surface area contributed by atoms with Gasteiger partial charge in [0.15, 0.2) is 16.7 Å². The standard InChI is InChI=1S/C31H34N4O6S/c1-20-28(30(38)40-4)29(23-10-11-25(26(16-23)39-3)41-18-22-8-6-5-7-9-22)35-24(19-42-31(35)32-20)17-27(37)34-14-12-33(13-15-34)21(2)36/h5-11,16,19,29H,12-15,17-18H2,1-4H3/t29-/m0/s1. The van der Waals surface area contributed by atoms with Gasteiger partial charge >= 0.3 is 5.97 Å². The first-order valence-corrected chi connectivity index (χ1v) is 14.6. The van der Waals surface area contributed by atoms with Crippen LogP contribution in [0.4, 0.5) is 0 Å². The quantitative estimate of drug-likeness (QED) is 0.424. The lowest BCUT2D eigenvalue weighted by Crippen LogP contribution is -2.50. The maximum absolute atomic E-state index is 13.4. The Hall–Kier alpha value is -4.25. The van der Waals surface area contributed by atoms with Crippen molar-refractivity contribution in [3.63, 3.8) is 0 Å². The molecule has 1 fully saturated rings. The van der Waals surface area contributed by atoms with Crippen LogP contribution in [0.3, 0.4) is 0 Å². The third kappa shape index (κ3) is 6.01. The second kappa shape index (κ2) is 12.7. The highest BCUT2D eigenvalue weighted by molar-refractivity contribution is 8.16. The fourth-order valence-corrected chi connectivity index (χ4v) is 6.27. The molecule has 5 rings (SSSR count). The van der Waals surface area contributed by atoms with E-state index in [1.807, 2.05) is 58.8 Å². The second-order valence-corrected chi connectivity index (χ2v) is 11.0. The number of carbonyl (C=O) groups excluding carboxylic acids is 3. The van der Waals surface area contributed by atoms with E-state index < -0.39 is 12.0 Å². The molecule has 3 aliphatic rings. The highest BCUT2D eigenvalue weighted by Crippen LogP contribution is 2.46. The Labute approximate surface area is 249 Å². The van der Waals surface area contributed by atoms with Crippen molar-refractivity contribution in [2.45, 2.75) is 32.9 Å². The Morgan fingerprint density at radius 1 is 0.976 bits per heavy atom. The highest BCUT2D eigenvalue weighted by Gasteiger charge is 2.41. The van der Waals surface area contributed by atoms with Crippen LogP contribution in [0.5, 0.6) is 11.5 Å². The summed E-state index contributed by atoms with van der Waals surface area (Å²) in [5.74, 6) is 0.566. The summed E-state index contributed by atoms with van der Waals surface area (Å²) in [6.45, 7) is 5.70. The zero-order valence-corrected chi connectivity index (χ0v) is 25.0. The van der Waals surface area contributed by atoms with Crippen molar-refractivity contribution in [3.8, 4) is 11.5 Å². The number of esters is 1. The maximum Gasteiger partial charge on any atom is 0.338 e. The maximum atomic E-state index is 13.4. The molecular weight excluding hydrogens is 556 g/mol. The van der Waals surface area contributed by atoms with Gasteiger partial charge in [-0.3, -0.25) is 9.59 Å². The van der Waals surface area contributed by atoms with Crippen molar-refractivity contribution in [2.24, 2.45) is 4.99 Å². The van der Waals surface area contributed by atoms with Gasteiger partial charge in [0.1, 0.15) is 6.61 Å². The Kier molecular flexibility index (Phi) is 8.86. The van der Waals surface area contributed by atoms with Crippen LogP contribution in [0.15, 0.2) is 75.9 Å². The lowest BCUT2D eigenvalue weighted by atomic mass is 9.93. The van der Waals surface area contributed by atoms with Gasteiger partial charge in [-0.1, -0.05) is 48.2 Å². The normalized spacial score (nSPS) is 18.3. The molecule has 1 atom stereocenters. The number of hydrogen-bond acceptors (Lipinski definition) is 9. The number of carbonyl (C=O) groups is 3. The molecule has 3 heterocycles. The van der Waals surface area contributed by atoms with E-state index in [2.05, 4.69) is 0 Å². The molecule has 220 valence electrons. The number of amidine groups is 1. The third-order valence-electron chi connectivity index (χ3n) is 7.56.